The minimum Gasteiger partial charge on any atom is -0.309 e. The molecule has 2 heterocycles. The third kappa shape index (κ3) is 2.63. The molecule has 2 N–H and O–H groups in total. The molecular formula is C12H14ClN3OS. The molecule has 0 aliphatic heterocycles. The van der Waals surface area contributed by atoms with Gasteiger partial charge in [0.2, 0.25) is 0 Å². The van der Waals surface area contributed by atoms with E-state index in [0.29, 0.717) is 29.3 Å². The predicted molar refractivity (Wildman–Crippen MR) is 76.4 cm³/mol. The van der Waals surface area contributed by atoms with Crippen molar-refractivity contribution in [3.63, 3.8) is 0 Å². The first-order valence-electron chi connectivity index (χ1n) is 5.52. The Balaban J connectivity index is 2.32. The van der Waals surface area contributed by atoms with E-state index in [9.17, 15) is 4.79 Å². The Morgan fingerprint density at radius 1 is 1.56 bits per heavy atom. The molecule has 0 unspecified atom stereocenters. The third-order valence-corrected chi connectivity index (χ3v) is 3.93. The van der Waals surface area contributed by atoms with Crippen molar-refractivity contribution < 1.29 is 0 Å². The minimum absolute atomic E-state index is 0.0802. The highest BCUT2D eigenvalue weighted by Crippen LogP contribution is 2.25. The second kappa shape index (κ2) is 5.22. The Morgan fingerprint density at radius 3 is 2.94 bits per heavy atom. The molecule has 0 fully saturated rings. The van der Waals surface area contributed by atoms with Crippen molar-refractivity contribution in [1.82, 2.24) is 15.3 Å². The maximum Gasteiger partial charge on any atom is 0.259 e. The summed E-state index contributed by atoms with van der Waals surface area (Å²) in [7, 11) is 0. The zero-order chi connectivity index (χ0) is 13.3. The highest BCUT2D eigenvalue weighted by Gasteiger charge is 2.11. The first-order valence-corrected chi connectivity index (χ1v) is 6.71. The van der Waals surface area contributed by atoms with Crippen molar-refractivity contribution in [2.75, 3.05) is 6.54 Å². The first-order chi connectivity index (χ1) is 8.49. The van der Waals surface area contributed by atoms with E-state index >= 15 is 0 Å². The topological polar surface area (TPSA) is 57.8 Å². The number of aryl methyl sites for hydroxylation is 2. The maximum absolute atomic E-state index is 12.0. The maximum atomic E-state index is 12.0. The molecule has 96 valence electrons. The zero-order valence-electron chi connectivity index (χ0n) is 10.3. The molecule has 0 atom stereocenters. The fourth-order valence-electron chi connectivity index (χ4n) is 1.70. The summed E-state index contributed by atoms with van der Waals surface area (Å²) in [6.45, 7) is 8.48. The Hall–Kier alpha value is -1.17. The van der Waals surface area contributed by atoms with Crippen molar-refractivity contribution in [3.05, 3.63) is 38.2 Å². The van der Waals surface area contributed by atoms with Crippen LogP contribution < -0.4 is 10.9 Å². The highest BCUT2D eigenvalue weighted by molar-refractivity contribution is 7.18. The van der Waals surface area contributed by atoms with Gasteiger partial charge in [0.25, 0.3) is 5.56 Å². The number of nitrogens with one attached hydrogen (secondary N) is 2. The van der Waals surface area contributed by atoms with E-state index in [1.54, 1.807) is 11.3 Å². The summed E-state index contributed by atoms with van der Waals surface area (Å²) < 4.78 is 0. The monoisotopic (exact) mass is 283 g/mol. The van der Waals surface area contributed by atoms with Crippen molar-refractivity contribution in [2.45, 2.75) is 20.4 Å². The van der Waals surface area contributed by atoms with Gasteiger partial charge in [0.05, 0.1) is 11.9 Å². The summed E-state index contributed by atoms with van der Waals surface area (Å²) in [6.07, 6.45) is 0. The SMILES string of the molecule is C=C(Cl)CNCc1nc2sc(C)c(C)c2c(=O)[nH]1. The highest BCUT2D eigenvalue weighted by atomic mass is 35.5. The Bertz CT molecular complexity index is 659. The van der Waals surface area contributed by atoms with Gasteiger partial charge in [-0.3, -0.25) is 4.79 Å². The van der Waals surface area contributed by atoms with E-state index < -0.39 is 0 Å². The fourth-order valence-corrected chi connectivity index (χ4v) is 2.84. The molecule has 0 radical (unpaired) electrons. The molecule has 0 aromatic carbocycles. The van der Waals surface area contributed by atoms with Crippen LogP contribution in [0.4, 0.5) is 0 Å². The molecular weight excluding hydrogens is 270 g/mol. The number of thiophene rings is 1. The van der Waals surface area contributed by atoms with Crippen LogP contribution in [0, 0.1) is 13.8 Å². The van der Waals surface area contributed by atoms with E-state index in [0.717, 1.165) is 15.3 Å². The van der Waals surface area contributed by atoms with Crippen molar-refractivity contribution in [3.8, 4) is 0 Å². The molecule has 0 aliphatic carbocycles. The summed E-state index contributed by atoms with van der Waals surface area (Å²) in [6, 6.07) is 0. The van der Waals surface area contributed by atoms with Crippen molar-refractivity contribution >= 4 is 33.2 Å². The Kier molecular flexibility index (Phi) is 3.85. The average molecular weight is 284 g/mol. The number of rotatable bonds is 4. The van der Waals surface area contributed by atoms with Crippen LogP contribution in [0.3, 0.4) is 0 Å². The van der Waals surface area contributed by atoms with Gasteiger partial charge in [-0.15, -0.1) is 11.3 Å². The molecule has 2 aromatic heterocycles. The van der Waals surface area contributed by atoms with E-state index in [2.05, 4.69) is 21.9 Å². The molecule has 0 saturated carbocycles. The standard InChI is InChI=1S/C12H14ClN3OS/c1-6(13)4-14-5-9-15-11(17)10-7(2)8(3)18-12(10)16-9/h14H,1,4-5H2,2-3H3,(H,15,16,17). The predicted octanol–water partition coefficient (Wildman–Crippen LogP) is 2.44. The second-order valence-electron chi connectivity index (χ2n) is 4.10. The van der Waals surface area contributed by atoms with Gasteiger partial charge in [-0.2, -0.15) is 0 Å². The smallest absolute Gasteiger partial charge is 0.259 e. The number of hydrogen-bond acceptors (Lipinski definition) is 4. The molecule has 4 nitrogen and oxygen atoms in total. The summed E-state index contributed by atoms with van der Waals surface area (Å²) >= 11 is 7.19. The number of hydrogen-bond donors (Lipinski definition) is 2. The average Bonchev–Trinajstić information content (AvgIpc) is 2.54. The molecule has 6 heteroatoms. The van der Waals surface area contributed by atoms with Crippen LogP contribution in [0.1, 0.15) is 16.3 Å². The van der Waals surface area contributed by atoms with Crippen LogP contribution in [0.25, 0.3) is 10.2 Å². The van der Waals surface area contributed by atoms with Crippen LogP contribution in [0.5, 0.6) is 0 Å². The molecule has 0 spiro atoms. The lowest BCUT2D eigenvalue weighted by molar-refractivity contribution is 0.714. The quantitative estimate of drug-likeness (QED) is 0.906. The van der Waals surface area contributed by atoms with Crippen molar-refractivity contribution in [2.24, 2.45) is 0 Å². The largest absolute Gasteiger partial charge is 0.309 e. The van der Waals surface area contributed by atoms with E-state index in [4.69, 9.17) is 11.6 Å². The third-order valence-electron chi connectivity index (χ3n) is 2.70. The van der Waals surface area contributed by atoms with Gasteiger partial charge in [0.15, 0.2) is 0 Å². The molecule has 0 aliphatic rings. The van der Waals surface area contributed by atoms with Crippen LogP contribution in [0.2, 0.25) is 0 Å². The minimum atomic E-state index is -0.0802. The van der Waals surface area contributed by atoms with Gasteiger partial charge in [-0.1, -0.05) is 18.2 Å². The molecule has 18 heavy (non-hydrogen) atoms. The summed E-state index contributed by atoms with van der Waals surface area (Å²) in [5, 5.41) is 4.28. The van der Waals surface area contributed by atoms with Gasteiger partial charge >= 0.3 is 0 Å². The number of nitrogens with zero attached hydrogens (tertiary/aromatic N) is 1. The first kappa shape index (κ1) is 13.3. The van der Waals surface area contributed by atoms with Gasteiger partial charge in [-0.05, 0) is 19.4 Å². The van der Waals surface area contributed by atoms with E-state index in [1.807, 2.05) is 13.8 Å². The van der Waals surface area contributed by atoms with Crippen LogP contribution in [-0.4, -0.2) is 16.5 Å². The lowest BCUT2D eigenvalue weighted by Gasteiger charge is -2.02. The number of aromatic amines is 1. The second-order valence-corrected chi connectivity index (χ2v) is 5.83. The number of H-pyrrole nitrogens is 1. The van der Waals surface area contributed by atoms with Crippen LogP contribution >= 0.6 is 22.9 Å². The number of halogens is 1. The fraction of sp³-hybridized carbons (Fsp3) is 0.333. The zero-order valence-corrected chi connectivity index (χ0v) is 11.8. The molecule has 0 bridgehead atoms. The van der Waals surface area contributed by atoms with E-state index in [-0.39, 0.29) is 5.56 Å². The van der Waals surface area contributed by atoms with E-state index in [1.165, 1.54) is 0 Å². The Labute approximate surface area is 114 Å². The van der Waals surface area contributed by atoms with Crippen LogP contribution in [-0.2, 0) is 6.54 Å². The summed E-state index contributed by atoms with van der Waals surface area (Å²) in [4.78, 5) is 21.1. The Morgan fingerprint density at radius 2 is 2.28 bits per heavy atom. The lowest BCUT2D eigenvalue weighted by Crippen LogP contribution is -2.20. The molecule has 2 aromatic rings. The normalized spacial score (nSPS) is 11.1. The number of fused-ring (bicyclic) bond motifs is 1. The van der Waals surface area contributed by atoms with Gasteiger partial charge in [0, 0.05) is 16.5 Å². The van der Waals surface area contributed by atoms with Crippen molar-refractivity contribution in [1.29, 1.82) is 0 Å². The lowest BCUT2D eigenvalue weighted by atomic mass is 10.2. The summed E-state index contributed by atoms with van der Waals surface area (Å²) in [5.41, 5.74) is 0.931. The number of aromatic nitrogens is 2. The van der Waals surface area contributed by atoms with Crippen LogP contribution in [0.15, 0.2) is 16.4 Å². The van der Waals surface area contributed by atoms with Gasteiger partial charge in [-0.25, -0.2) is 4.98 Å². The van der Waals surface area contributed by atoms with Gasteiger partial charge < -0.3 is 10.3 Å². The van der Waals surface area contributed by atoms with Gasteiger partial charge in [0.1, 0.15) is 10.7 Å². The molecule has 0 saturated heterocycles. The molecule has 2 rings (SSSR count). The molecule has 0 amide bonds. The summed E-state index contributed by atoms with van der Waals surface area (Å²) in [5.74, 6) is 0.617.